The van der Waals surface area contributed by atoms with E-state index in [2.05, 4.69) is 18.7 Å². The topological polar surface area (TPSA) is 58.1 Å². The average Bonchev–Trinajstić information content (AvgIpc) is 3.22. The van der Waals surface area contributed by atoms with E-state index in [9.17, 15) is 4.79 Å². The van der Waals surface area contributed by atoms with Crippen LogP contribution >= 0.6 is 11.3 Å². The van der Waals surface area contributed by atoms with E-state index in [-0.39, 0.29) is 5.91 Å². The van der Waals surface area contributed by atoms with Gasteiger partial charge in [0.2, 0.25) is 0 Å². The SMILES string of the molecule is CCN(CC)CCN(C(=O)c1ccc(N(C)C)cc1)c1nc2cc3c(cc2s1)OCCO3. The number of thiazole rings is 1. The van der Waals surface area contributed by atoms with Crippen LogP contribution in [0, 0.1) is 0 Å². The fourth-order valence-corrected chi connectivity index (χ4v) is 4.69. The molecule has 0 N–H and O–H groups in total. The third-order valence-electron chi connectivity index (χ3n) is 5.68. The van der Waals surface area contributed by atoms with Crippen molar-refractivity contribution in [2.24, 2.45) is 0 Å². The summed E-state index contributed by atoms with van der Waals surface area (Å²) >= 11 is 1.51. The maximum absolute atomic E-state index is 13.6. The summed E-state index contributed by atoms with van der Waals surface area (Å²) < 4.78 is 12.4. The van der Waals surface area contributed by atoms with Crippen molar-refractivity contribution in [3.05, 3.63) is 42.0 Å². The van der Waals surface area contributed by atoms with Gasteiger partial charge in [0.15, 0.2) is 16.6 Å². The molecule has 2 aromatic carbocycles. The molecule has 170 valence electrons. The molecule has 0 aliphatic carbocycles. The minimum atomic E-state index is -0.0428. The number of nitrogens with zero attached hydrogens (tertiary/aromatic N) is 4. The van der Waals surface area contributed by atoms with E-state index in [0.717, 1.165) is 41.3 Å². The fraction of sp³-hybridized carbons (Fsp3) is 0.417. The first kappa shape index (κ1) is 22.4. The van der Waals surface area contributed by atoms with E-state index in [1.165, 1.54) is 11.3 Å². The van der Waals surface area contributed by atoms with Crippen LogP contribution in [0.25, 0.3) is 10.2 Å². The van der Waals surface area contributed by atoms with E-state index in [4.69, 9.17) is 14.5 Å². The number of hydrogen-bond acceptors (Lipinski definition) is 7. The summed E-state index contributed by atoms with van der Waals surface area (Å²) in [5.41, 5.74) is 2.53. The number of likely N-dealkylation sites (N-methyl/N-ethyl adjacent to an activating group) is 1. The van der Waals surface area contributed by atoms with E-state index in [1.54, 1.807) is 4.90 Å². The molecular formula is C24H30N4O3S. The molecule has 0 radical (unpaired) electrons. The zero-order valence-corrected chi connectivity index (χ0v) is 19.9. The standard InChI is InChI=1S/C24H30N4O3S/c1-5-27(6-2)11-12-28(23(29)17-7-9-18(10-8-17)26(3)4)24-25-19-15-20-21(16-22(19)32-24)31-14-13-30-20/h7-10,15-16H,5-6,11-14H2,1-4H3. The van der Waals surface area contributed by atoms with E-state index < -0.39 is 0 Å². The molecule has 0 fully saturated rings. The van der Waals surface area contributed by atoms with Gasteiger partial charge in [0.05, 0.1) is 10.2 Å². The molecule has 2 heterocycles. The van der Waals surface area contributed by atoms with Gasteiger partial charge >= 0.3 is 0 Å². The minimum Gasteiger partial charge on any atom is -0.486 e. The van der Waals surface area contributed by atoms with Crippen molar-refractivity contribution >= 4 is 38.3 Å². The molecule has 0 bridgehead atoms. The van der Waals surface area contributed by atoms with Crippen LogP contribution in [0.3, 0.4) is 0 Å². The monoisotopic (exact) mass is 454 g/mol. The highest BCUT2D eigenvalue weighted by Gasteiger charge is 2.23. The molecule has 1 aliphatic heterocycles. The molecule has 4 rings (SSSR count). The Labute approximate surface area is 193 Å². The number of carbonyl (C=O) groups excluding carboxylic acids is 1. The Bertz CT molecular complexity index is 1030. The lowest BCUT2D eigenvalue weighted by Gasteiger charge is -2.25. The van der Waals surface area contributed by atoms with Gasteiger partial charge in [0, 0.05) is 50.6 Å². The summed E-state index contributed by atoms with van der Waals surface area (Å²) in [6, 6.07) is 11.6. The molecular weight excluding hydrogens is 424 g/mol. The van der Waals surface area contributed by atoms with E-state index >= 15 is 0 Å². The number of aromatic nitrogens is 1. The third-order valence-corrected chi connectivity index (χ3v) is 6.72. The van der Waals surface area contributed by atoms with E-state index in [0.29, 0.717) is 36.2 Å². The second kappa shape index (κ2) is 9.75. The summed E-state index contributed by atoms with van der Waals surface area (Å²) in [6.45, 7) is 8.59. The summed E-state index contributed by atoms with van der Waals surface area (Å²) in [5, 5.41) is 0.691. The van der Waals surface area contributed by atoms with Gasteiger partial charge in [-0.2, -0.15) is 0 Å². The van der Waals surface area contributed by atoms with Crippen LogP contribution in [-0.4, -0.2) is 69.3 Å². The molecule has 0 saturated heterocycles. The van der Waals surface area contributed by atoms with Gasteiger partial charge in [0.1, 0.15) is 13.2 Å². The second-order valence-electron chi connectivity index (χ2n) is 7.89. The molecule has 1 aromatic heterocycles. The second-order valence-corrected chi connectivity index (χ2v) is 8.89. The van der Waals surface area contributed by atoms with Gasteiger partial charge < -0.3 is 19.3 Å². The Kier molecular flexibility index (Phi) is 6.81. The lowest BCUT2D eigenvalue weighted by molar-refractivity contribution is 0.0984. The maximum Gasteiger partial charge on any atom is 0.260 e. The third kappa shape index (κ3) is 4.66. The van der Waals surface area contributed by atoms with Gasteiger partial charge in [-0.15, -0.1) is 0 Å². The van der Waals surface area contributed by atoms with Crippen LogP contribution in [0.4, 0.5) is 10.8 Å². The number of hydrogen-bond donors (Lipinski definition) is 0. The highest BCUT2D eigenvalue weighted by molar-refractivity contribution is 7.22. The van der Waals surface area contributed by atoms with Crippen molar-refractivity contribution in [1.82, 2.24) is 9.88 Å². The van der Waals surface area contributed by atoms with Crippen LogP contribution in [0.5, 0.6) is 11.5 Å². The van der Waals surface area contributed by atoms with Gasteiger partial charge in [-0.1, -0.05) is 25.2 Å². The molecule has 0 atom stereocenters. The number of rotatable bonds is 8. The smallest absolute Gasteiger partial charge is 0.260 e. The number of anilines is 2. The summed E-state index contributed by atoms with van der Waals surface area (Å²) in [4.78, 5) is 24.5. The predicted molar refractivity (Wildman–Crippen MR) is 131 cm³/mol. The van der Waals surface area contributed by atoms with Gasteiger partial charge in [-0.25, -0.2) is 4.98 Å². The Morgan fingerprint density at radius 2 is 1.66 bits per heavy atom. The van der Waals surface area contributed by atoms with Crippen molar-refractivity contribution in [2.45, 2.75) is 13.8 Å². The molecule has 1 aliphatic rings. The zero-order valence-electron chi connectivity index (χ0n) is 19.1. The summed E-state index contributed by atoms with van der Waals surface area (Å²) in [5.74, 6) is 1.40. The molecule has 8 heteroatoms. The first-order valence-electron chi connectivity index (χ1n) is 11.0. The number of carbonyl (C=O) groups is 1. The van der Waals surface area contributed by atoms with Crippen molar-refractivity contribution in [2.75, 3.05) is 63.3 Å². The first-order chi connectivity index (χ1) is 15.5. The lowest BCUT2D eigenvalue weighted by Crippen LogP contribution is -2.38. The maximum atomic E-state index is 13.6. The largest absolute Gasteiger partial charge is 0.486 e. The van der Waals surface area contributed by atoms with Gasteiger partial charge in [-0.3, -0.25) is 9.69 Å². The molecule has 0 spiro atoms. The van der Waals surface area contributed by atoms with Crippen LogP contribution in [0.1, 0.15) is 24.2 Å². The van der Waals surface area contributed by atoms with Crippen LogP contribution in [-0.2, 0) is 0 Å². The quantitative estimate of drug-likeness (QED) is 0.510. The average molecular weight is 455 g/mol. The zero-order chi connectivity index (χ0) is 22.7. The van der Waals surface area contributed by atoms with Crippen LogP contribution in [0.15, 0.2) is 36.4 Å². The Balaban J connectivity index is 1.67. The molecule has 1 amide bonds. The Morgan fingerprint density at radius 1 is 1.00 bits per heavy atom. The number of amides is 1. The van der Waals surface area contributed by atoms with Crippen molar-refractivity contribution < 1.29 is 14.3 Å². The highest BCUT2D eigenvalue weighted by atomic mass is 32.1. The van der Waals surface area contributed by atoms with Crippen molar-refractivity contribution in [3.8, 4) is 11.5 Å². The Hall–Kier alpha value is -2.84. The lowest BCUT2D eigenvalue weighted by atomic mass is 10.1. The van der Waals surface area contributed by atoms with Crippen molar-refractivity contribution in [1.29, 1.82) is 0 Å². The number of ether oxygens (including phenoxy) is 2. The highest BCUT2D eigenvalue weighted by Crippen LogP contribution is 2.39. The van der Waals surface area contributed by atoms with Crippen molar-refractivity contribution in [3.63, 3.8) is 0 Å². The van der Waals surface area contributed by atoms with Gasteiger partial charge in [-0.05, 0) is 37.4 Å². The summed E-state index contributed by atoms with van der Waals surface area (Å²) in [6.07, 6.45) is 0. The number of benzene rings is 2. The molecule has 3 aromatic rings. The molecule has 0 saturated carbocycles. The predicted octanol–water partition coefficient (Wildman–Crippen LogP) is 4.12. The molecule has 32 heavy (non-hydrogen) atoms. The molecule has 7 nitrogen and oxygen atoms in total. The number of fused-ring (bicyclic) bond motifs is 2. The Morgan fingerprint density at radius 3 is 2.28 bits per heavy atom. The van der Waals surface area contributed by atoms with Gasteiger partial charge in [0.25, 0.3) is 5.91 Å². The fourth-order valence-electron chi connectivity index (χ4n) is 3.69. The first-order valence-corrected chi connectivity index (χ1v) is 11.8. The van der Waals surface area contributed by atoms with E-state index in [1.807, 2.05) is 55.4 Å². The normalized spacial score (nSPS) is 12.9. The van der Waals surface area contributed by atoms with Crippen LogP contribution in [0.2, 0.25) is 0 Å². The summed E-state index contributed by atoms with van der Waals surface area (Å²) in [7, 11) is 3.97. The van der Waals surface area contributed by atoms with Crippen LogP contribution < -0.4 is 19.3 Å². The molecule has 0 unspecified atom stereocenters. The minimum absolute atomic E-state index is 0.0428.